The highest BCUT2D eigenvalue weighted by molar-refractivity contribution is 6.02. The van der Waals surface area contributed by atoms with Crippen LogP contribution in [-0.4, -0.2) is 23.1 Å². The largest absolute Gasteiger partial charge is 0.494 e. The molecular formula is C21H30N2O2. The Kier molecular flexibility index (Phi) is 5.67. The molecule has 1 aliphatic rings. The summed E-state index contributed by atoms with van der Waals surface area (Å²) in [6, 6.07) is 6.43. The summed E-state index contributed by atoms with van der Waals surface area (Å²) in [5.41, 5.74) is 2.95. The summed E-state index contributed by atoms with van der Waals surface area (Å²) in [6.45, 7) is 7.56. The molecule has 0 atom stereocenters. The highest BCUT2D eigenvalue weighted by Gasteiger charge is 2.22. The van der Waals surface area contributed by atoms with E-state index in [0.29, 0.717) is 12.6 Å². The summed E-state index contributed by atoms with van der Waals surface area (Å²) in [5, 5.41) is 4.41. The van der Waals surface area contributed by atoms with E-state index in [1.54, 1.807) is 0 Å². The number of benzene rings is 1. The maximum absolute atomic E-state index is 13.0. The van der Waals surface area contributed by atoms with Gasteiger partial charge in [-0.1, -0.05) is 25.7 Å². The quantitative estimate of drug-likeness (QED) is 0.792. The summed E-state index contributed by atoms with van der Waals surface area (Å²) < 4.78 is 7.77. The first kappa shape index (κ1) is 17.8. The van der Waals surface area contributed by atoms with Crippen LogP contribution in [0.25, 0.3) is 10.9 Å². The second-order valence-electron chi connectivity index (χ2n) is 6.99. The lowest BCUT2D eigenvalue weighted by molar-refractivity contribution is 0.0924. The van der Waals surface area contributed by atoms with E-state index in [9.17, 15) is 4.79 Å². The third-order valence-electron chi connectivity index (χ3n) is 5.32. The van der Waals surface area contributed by atoms with Gasteiger partial charge in [-0.25, -0.2) is 0 Å². The molecule has 1 aliphatic carbocycles. The molecule has 1 amide bonds. The molecule has 1 fully saturated rings. The van der Waals surface area contributed by atoms with Crippen LogP contribution in [0, 0.1) is 6.92 Å². The predicted octanol–water partition coefficient (Wildman–Crippen LogP) is 4.82. The SMILES string of the molecule is CCOc1ccc2c(c1)c(C)c(C(=O)NC1CCCCCC1)n2CC. The standard InChI is InChI=1S/C21H30N2O2/c1-4-23-19-13-12-17(25-5-2)14-18(19)15(3)20(23)21(24)22-16-10-8-6-7-9-11-16/h12-14,16H,4-11H2,1-3H3,(H,22,24). The van der Waals surface area contributed by atoms with Crippen LogP contribution in [0.3, 0.4) is 0 Å². The Morgan fingerprint density at radius 2 is 1.92 bits per heavy atom. The first-order valence-electron chi connectivity index (χ1n) is 9.72. The van der Waals surface area contributed by atoms with E-state index in [2.05, 4.69) is 28.9 Å². The summed E-state index contributed by atoms with van der Waals surface area (Å²) in [6.07, 6.45) is 7.23. The van der Waals surface area contributed by atoms with Gasteiger partial charge >= 0.3 is 0 Å². The van der Waals surface area contributed by atoms with Crippen molar-refractivity contribution < 1.29 is 9.53 Å². The van der Waals surface area contributed by atoms with Crippen LogP contribution in [0.5, 0.6) is 5.75 Å². The molecule has 2 aromatic rings. The highest BCUT2D eigenvalue weighted by Crippen LogP contribution is 2.29. The zero-order valence-electron chi connectivity index (χ0n) is 15.7. The van der Waals surface area contributed by atoms with Gasteiger partial charge in [-0.15, -0.1) is 0 Å². The first-order valence-corrected chi connectivity index (χ1v) is 9.72. The van der Waals surface area contributed by atoms with E-state index < -0.39 is 0 Å². The van der Waals surface area contributed by atoms with Crippen LogP contribution in [0.2, 0.25) is 0 Å². The fraction of sp³-hybridized carbons (Fsp3) is 0.571. The van der Waals surface area contributed by atoms with Crippen molar-refractivity contribution in [2.45, 2.75) is 71.9 Å². The van der Waals surface area contributed by atoms with Gasteiger partial charge in [-0.3, -0.25) is 4.79 Å². The Morgan fingerprint density at radius 1 is 1.20 bits per heavy atom. The Morgan fingerprint density at radius 3 is 2.56 bits per heavy atom. The number of nitrogens with zero attached hydrogens (tertiary/aromatic N) is 1. The Hall–Kier alpha value is -1.97. The molecule has 136 valence electrons. The molecular weight excluding hydrogens is 312 g/mol. The molecule has 0 aliphatic heterocycles. The molecule has 0 saturated heterocycles. The molecule has 1 N–H and O–H groups in total. The molecule has 1 aromatic carbocycles. The molecule has 25 heavy (non-hydrogen) atoms. The van der Waals surface area contributed by atoms with Gasteiger partial charge in [-0.2, -0.15) is 0 Å². The molecule has 1 heterocycles. The van der Waals surface area contributed by atoms with Crippen molar-refractivity contribution in [2.24, 2.45) is 0 Å². The van der Waals surface area contributed by atoms with Crippen LogP contribution in [0.1, 0.15) is 68.4 Å². The summed E-state index contributed by atoms with van der Waals surface area (Å²) in [7, 11) is 0. The van der Waals surface area contributed by atoms with Gasteiger partial charge < -0.3 is 14.6 Å². The molecule has 1 saturated carbocycles. The van der Waals surface area contributed by atoms with Crippen LogP contribution >= 0.6 is 0 Å². The van der Waals surface area contributed by atoms with E-state index in [4.69, 9.17) is 4.74 Å². The minimum atomic E-state index is 0.0698. The molecule has 0 spiro atoms. The lowest BCUT2D eigenvalue weighted by Gasteiger charge is -2.17. The second kappa shape index (κ2) is 7.94. The lowest BCUT2D eigenvalue weighted by atomic mass is 10.1. The Balaban J connectivity index is 1.93. The molecule has 1 aromatic heterocycles. The van der Waals surface area contributed by atoms with Crippen molar-refractivity contribution >= 4 is 16.8 Å². The van der Waals surface area contributed by atoms with Crippen molar-refractivity contribution in [2.75, 3.05) is 6.61 Å². The monoisotopic (exact) mass is 342 g/mol. The number of hydrogen-bond donors (Lipinski definition) is 1. The van der Waals surface area contributed by atoms with Gasteiger partial charge in [0.05, 0.1) is 6.61 Å². The lowest BCUT2D eigenvalue weighted by Crippen LogP contribution is -2.36. The third kappa shape index (κ3) is 3.68. The van der Waals surface area contributed by atoms with Crippen LogP contribution in [0.4, 0.5) is 0 Å². The molecule has 0 bridgehead atoms. The van der Waals surface area contributed by atoms with Gasteiger partial charge in [0.2, 0.25) is 0 Å². The number of amides is 1. The fourth-order valence-corrected chi connectivity index (χ4v) is 4.06. The zero-order valence-corrected chi connectivity index (χ0v) is 15.7. The van der Waals surface area contributed by atoms with E-state index >= 15 is 0 Å². The Bertz CT molecular complexity index is 740. The smallest absolute Gasteiger partial charge is 0.268 e. The molecule has 4 nitrogen and oxygen atoms in total. The second-order valence-corrected chi connectivity index (χ2v) is 6.99. The first-order chi connectivity index (χ1) is 12.2. The number of fused-ring (bicyclic) bond motifs is 1. The van der Waals surface area contributed by atoms with Crippen LogP contribution < -0.4 is 10.1 Å². The van der Waals surface area contributed by atoms with E-state index in [1.807, 2.05) is 19.9 Å². The summed E-state index contributed by atoms with van der Waals surface area (Å²) in [4.78, 5) is 13.0. The topological polar surface area (TPSA) is 43.3 Å². The van der Waals surface area contributed by atoms with Gasteiger partial charge in [0, 0.05) is 23.5 Å². The molecule has 3 rings (SSSR count). The van der Waals surface area contributed by atoms with Crippen LogP contribution in [-0.2, 0) is 6.54 Å². The van der Waals surface area contributed by atoms with Crippen molar-refractivity contribution in [3.8, 4) is 5.75 Å². The van der Waals surface area contributed by atoms with Crippen molar-refractivity contribution in [1.82, 2.24) is 9.88 Å². The maximum atomic E-state index is 13.0. The van der Waals surface area contributed by atoms with Crippen LogP contribution in [0.15, 0.2) is 18.2 Å². The van der Waals surface area contributed by atoms with E-state index in [1.165, 1.54) is 25.7 Å². The maximum Gasteiger partial charge on any atom is 0.268 e. The number of hydrogen-bond acceptors (Lipinski definition) is 2. The number of aromatic nitrogens is 1. The third-order valence-corrected chi connectivity index (χ3v) is 5.32. The molecule has 0 radical (unpaired) electrons. The number of rotatable bonds is 5. The number of carbonyl (C=O) groups excluding carboxylic acids is 1. The molecule has 4 heteroatoms. The number of nitrogens with one attached hydrogen (secondary N) is 1. The van der Waals surface area contributed by atoms with Crippen molar-refractivity contribution in [1.29, 1.82) is 0 Å². The number of aryl methyl sites for hydroxylation is 2. The van der Waals surface area contributed by atoms with Gasteiger partial charge in [0.15, 0.2) is 0 Å². The minimum Gasteiger partial charge on any atom is -0.494 e. The van der Waals surface area contributed by atoms with E-state index in [0.717, 1.165) is 47.3 Å². The predicted molar refractivity (Wildman–Crippen MR) is 102 cm³/mol. The normalized spacial score (nSPS) is 16.0. The number of ether oxygens (including phenoxy) is 1. The zero-order chi connectivity index (χ0) is 17.8. The van der Waals surface area contributed by atoms with Crippen molar-refractivity contribution in [3.63, 3.8) is 0 Å². The summed E-state index contributed by atoms with van der Waals surface area (Å²) in [5.74, 6) is 0.933. The van der Waals surface area contributed by atoms with Gasteiger partial charge in [0.1, 0.15) is 11.4 Å². The van der Waals surface area contributed by atoms with Gasteiger partial charge in [0.25, 0.3) is 5.91 Å². The minimum absolute atomic E-state index is 0.0698. The van der Waals surface area contributed by atoms with Gasteiger partial charge in [-0.05, 0) is 57.4 Å². The summed E-state index contributed by atoms with van der Waals surface area (Å²) >= 11 is 0. The Labute approximate surface area is 150 Å². The average molecular weight is 342 g/mol. The van der Waals surface area contributed by atoms with Crippen molar-refractivity contribution in [3.05, 3.63) is 29.5 Å². The fourth-order valence-electron chi connectivity index (χ4n) is 4.06. The highest BCUT2D eigenvalue weighted by atomic mass is 16.5. The number of carbonyl (C=O) groups is 1. The van der Waals surface area contributed by atoms with E-state index in [-0.39, 0.29) is 5.91 Å². The average Bonchev–Trinajstić information content (AvgIpc) is 2.76. The molecule has 0 unspecified atom stereocenters.